The Morgan fingerprint density at radius 1 is 1.14 bits per heavy atom. The quantitative estimate of drug-likeness (QED) is 0.702. The summed E-state index contributed by atoms with van der Waals surface area (Å²) in [4.78, 5) is 13.5. The molecule has 0 aliphatic rings. The van der Waals surface area contributed by atoms with Crippen LogP contribution >= 0.6 is 34.7 Å². The number of amides is 1. The Labute approximate surface area is 140 Å². The summed E-state index contributed by atoms with van der Waals surface area (Å²) in [6.45, 7) is 5.51. The average Bonchev–Trinajstić information content (AvgIpc) is 3.07. The minimum absolute atomic E-state index is 0.139. The molecule has 0 unspecified atom stereocenters. The van der Waals surface area contributed by atoms with Crippen LogP contribution in [0.25, 0.3) is 0 Å². The molecule has 1 aromatic carbocycles. The maximum absolute atomic E-state index is 11.7. The zero-order valence-corrected chi connectivity index (χ0v) is 14.7. The number of benzene rings is 1. The fourth-order valence-electron chi connectivity index (χ4n) is 1.53. The van der Waals surface area contributed by atoms with E-state index < -0.39 is 0 Å². The molecule has 1 amide bonds. The third-order valence-electron chi connectivity index (χ3n) is 2.72. The van der Waals surface area contributed by atoms with E-state index in [0.29, 0.717) is 5.75 Å². The molecule has 114 valence electrons. The van der Waals surface area contributed by atoms with Crippen molar-refractivity contribution in [2.24, 2.45) is 0 Å². The SMILES string of the molecule is CCN(CC)C(=O)SCc1ccc(Cl)cc1.c1ccsc1. The lowest BCUT2D eigenvalue weighted by Crippen LogP contribution is -2.26. The first-order valence-corrected chi connectivity index (χ1v) is 9.11. The molecule has 2 aromatic rings. The van der Waals surface area contributed by atoms with Crippen LogP contribution in [0.5, 0.6) is 0 Å². The lowest BCUT2D eigenvalue weighted by molar-refractivity contribution is 0.228. The van der Waals surface area contributed by atoms with Crippen molar-refractivity contribution >= 4 is 39.9 Å². The van der Waals surface area contributed by atoms with E-state index >= 15 is 0 Å². The predicted molar refractivity (Wildman–Crippen MR) is 95.4 cm³/mol. The van der Waals surface area contributed by atoms with Gasteiger partial charge in [0, 0.05) is 23.9 Å². The van der Waals surface area contributed by atoms with Gasteiger partial charge in [0.2, 0.25) is 0 Å². The number of thioether (sulfide) groups is 1. The Kier molecular flexibility index (Phi) is 9.22. The van der Waals surface area contributed by atoms with Crippen LogP contribution in [0, 0.1) is 0 Å². The molecule has 0 aliphatic heterocycles. The van der Waals surface area contributed by atoms with Crippen molar-refractivity contribution in [3.05, 3.63) is 57.7 Å². The minimum atomic E-state index is 0.139. The number of carbonyl (C=O) groups excluding carboxylic acids is 1. The Bertz CT molecular complexity index is 478. The van der Waals surface area contributed by atoms with Crippen molar-refractivity contribution in [1.82, 2.24) is 4.90 Å². The topological polar surface area (TPSA) is 20.3 Å². The van der Waals surface area contributed by atoms with Crippen LogP contribution < -0.4 is 0 Å². The van der Waals surface area contributed by atoms with Crippen LogP contribution in [-0.4, -0.2) is 23.2 Å². The average molecular weight is 342 g/mol. The first-order chi connectivity index (χ1) is 10.2. The Morgan fingerprint density at radius 3 is 2.14 bits per heavy atom. The molecule has 2 rings (SSSR count). The summed E-state index contributed by atoms with van der Waals surface area (Å²) in [7, 11) is 0. The van der Waals surface area contributed by atoms with Crippen LogP contribution in [-0.2, 0) is 5.75 Å². The zero-order valence-electron chi connectivity index (χ0n) is 12.3. The van der Waals surface area contributed by atoms with E-state index in [2.05, 4.69) is 0 Å². The number of carbonyl (C=O) groups is 1. The molecular weight excluding hydrogens is 322 g/mol. The summed E-state index contributed by atoms with van der Waals surface area (Å²) >= 11 is 8.84. The van der Waals surface area contributed by atoms with Crippen LogP contribution in [0.3, 0.4) is 0 Å². The van der Waals surface area contributed by atoms with E-state index in [1.54, 1.807) is 11.3 Å². The van der Waals surface area contributed by atoms with Crippen LogP contribution in [0.1, 0.15) is 19.4 Å². The van der Waals surface area contributed by atoms with Gasteiger partial charge in [-0.2, -0.15) is 11.3 Å². The van der Waals surface area contributed by atoms with Crippen LogP contribution in [0.4, 0.5) is 4.79 Å². The van der Waals surface area contributed by atoms with Gasteiger partial charge < -0.3 is 4.90 Å². The highest BCUT2D eigenvalue weighted by Gasteiger charge is 2.09. The lowest BCUT2D eigenvalue weighted by Gasteiger charge is -2.17. The summed E-state index contributed by atoms with van der Waals surface area (Å²) < 4.78 is 0. The first kappa shape index (κ1) is 18.1. The molecule has 0 bridgehead atoms. The fraction of sp³-hybridized carbons (Fsp3) is 0.312. The van der Waals surface area contributed by atoms with Gasteiger partial charge in [-0.15, -0.1) is 0 Å². The van der Waals surface area contributed by atoms with Gasteiger partial charge in [-0.25, -0.2) is 0 Å². The van der Waals surface area contributed by atoms with Crippen molar-refractivity contribution in [2.75, 3.05) is 13.1 Å². The maximum atomic E-state index is 11.7. The van der Waals surface area contributed by atoms with Crippen LogP contribution in [0.2, 0.25) is 5.02 Å². The molecule has 21 heavy (non-hydrogen) atoms. The van der Waals surface area contributed by atoms with Gasteiger partial charge in [0.05, 0.1) is 0 Å². The molecule has 2 nitrogen and oxygen atoms in total. The van der Waals surface area contributed by atoms with E-state index in [1.807, 2.05) is 65.9 Å². The first-order valence-electron chi connectivity index (χ1n) is 6.80. The molecular formula is C16H20ClNOS2. The van der Waals surface area contributed by atoms with E-state index in [0.717, 1.165) is 23.7 Å². The standard InChI is InChI=1S/C12H16ClNOS.C4H4S/c1-3-14(4-2)12(15)16-9-10-5-7-11(13)8-6-10;1-2-4-5-3-1/h5-8H,3-4,9H2,1-2H3;1-4H. The fourth-order valence-corrected chi connectivity index (χ4v) is 3.03. The van der Waals surface area contributed by atoms with Crippen molar-refractivity contribution < 1.29 is 4.79 Å². The van der Waals surface area contributed by atoms with E-state index in [9.17, 15) is 4.79 Å². The summed E-state index contributed by atoms with van der Waals surface area (Å²) in [5.74, 6) is 0.701. The minimum Gasteiger partial charge on any atom is -0.334 e. The molecule has 5 heteroatoms. The molecule has 0 radical (unpaired) electrons. The molecule has 0 aliphatic carbocycles. The second-order valence-corrected chi connectivity index (χ2v) is 6.33. The number of rotatable bonds is 4. The number of nitrogens with zero attached hydrogens (tertiary/aromatic N) is 1. The number of hydrogen-bond acceptors (Lipinski definition) is 3. The van der Waals surface area contributed by atoms with Gasteiger partial charge in [0.15, 0.2) is 0 Å². The molecule has 0 saturated heterocycles. The largest absolute Gasteiger partial charge is 0.334 e. The summed E-state index contributed by atoms with van der Waals surface area (Å²) in [5, 5.41) is 4.95. The number of hydrogen-bond donors (Lipinski definition) is 0. The van der Waals surface area contributed by atoms with Crippen molar-refractivity contribution in [3.63, 3.8) is 0 Å². The highest BCUT2D eigenvalue weighted by Crippen LogP contribution is 2.18. The summed E-state index contributed by atoms with van der Waals surface area (Å²) in [6, 6.07) is 11.6. The summed E-state index contributed by atoms with van der Waals surface area (Å²) in [5.41, 5.74) is 1.12. The second-order valence-electron chi connectivity index (χ2n) is 4.15. The zero-order chi connectivity index (χ0) is 15.5. The van der Waals surface area contributed by atoms with Gasteiger partial charge in [-0.05, 0) is 42.3 Å². The number of thiophene rings is 1. The molecule has 1 aromatic heterocycles. The molecule has 0 spiro atoms. The van der Waals surface area contributed by atoms with Gasteiger partial charge in [0.25, 0.3) is 5.24 Å². The lowest BCUT2D eigenvalue weighted by atomic mass is 10.2. The Balaban J connectivity index is 0.000000369. The van der Waals surface area contributed by atoms with Crippen molar-refractivity contribution in [2.45, 2.75) is 19.6 Å². The number of halogens is 1. The van der Waals surface area contributed by atoms with Gasteiger partial charge >= 0.3 is 0 Å². The Hall–Kier alpha value is -0.970. The molecule has 0 atom stereocenters. The van der Waals surface area contributed by atoms with Gasteiger partial charge in [0.1, 0.15) is 0 Å². The molecule has 0 fully saturated rings. The van der Waals surface area contributed by atoms with Crippen molar-refractivity contribution in [1.29, 1.82) is 0 Å². The second kappa shape index (κ2) is 10.7. The van der Waals surface area contributed by atoms with Gasteiger partial charge in [-0.3, -0.25) is 4.79 Å². The van der Waals surface area contributed by atoms with Gasteiger partial charge in [-0.1, -0.05) is 47.6 Å². The smallest absolute Gasteiger partial charge is 0.281 e. The molecule has 0 saturated carbocycles. The molecule has 0 N–H and O–H groups in total. The van der Waals surface area contributed by atoms with E-state index in [-0.39, 0.29) is 5.24 Å². The monoisotopic (exact) mass is 341 g/mol. The van der Waals surface area contributed by atoms with E-state index in [1.165, 1.54) is 11.8 Å². The third kappa shape index (κ3) is 7.55. The summed E-state index contributed by atoms with van der Waals surface area (Å²) in [6.07, 6.45) is 0. The van der Waals surface area contributed by atoms with Crippen molar-refractivity contribution in [3.8, 4) is 0 Å². The Morgan fingerprint density at radius 2 is 1.71 bits per heavy atom. The van der Waals surface area contributed by atoms with E-state index in [4.69, 9.17) is 11.6 Å². The third-order valence-corrected chi connectivity index (χ3v) is 4.59. The molecule has 1 heterocycles. The highest BCUT2D eigenvalue weighted by molar-refractivity contribution is 8.12. The van der Waals surface area contributed by atoms with Crippen LogP contribution in [0.15, 0.2) is 47.2 Å². The maximum Gasteiger partial charge on any atom is 0.281 e. The predicted octanol–water partition coefficient (Wildman–Crippen LogP) is 5.78. The highest BCUT2D eigenvalue weighted by atomic mass is 35.5. The normalized spacial score (nSPS) is 9.67.